The predicted molar refractivity (Wildman–Crippen MR) is 113 cm³/mol. The maximum absolute atomic E-state index is 12.8. The van der Waals surface area contributed by atoms with E-state index in [1.165, 1.54) is 6.42 Å². The van der Waals surface area contributed by atoms with E-state index in [1.807, 2.05) is 36.1 Å². The quantitative estimate of drug-likeness (QED) is 0.754. The minimum Gasteiger partial charge on any atom is -0.489 e. The van der Waals surface area contributed by atoms with Crippen LogP contribution in [0.5, 0.6) is 5.75 Å². The third-order valence-electron chi connectivity index (χ3n) is 5.50. The van der Waals surface area contributed by atoms with Crippen LogP contribution in [0.15, 0.2) is 24.3 Å². The third-order valence-corrected chi connectivity index (χ3v) is 5.50. The van der Waals surface area contributed by atoms with E-state index in [0.29, 0.717) is 37.7 Å². The monoisotopic (exact) mass is 414 g/mol. The minimum atomic E-state index is -0.103. The zero-order valence-electron chi connectivity index (χ0n) is 17.5. The van der Waals surface area contributed by atoms with Crippen LogP contribution < -0.4 is 10.1 Å². The van der Waals surface area contributed by atoms with Gasteiger partial charge in [-0.3, -0.25) is 10.00 Å². The summed E-state index contributed by atoms with van der Waals surface area (Å²) in [6.07, 6.45) is 3.44. The summed E-state index contributed by atoms with van der Waals surface area (Å²) in [5.74, 6) is 2.29. The van der Waals surface area contributed by atoms with Crippen LogP contribution in [0.1, 0.15) is 30.9 Å². The lowest BCUT2D eigenvalue weighted by Crippen LogP contribution is -2.49. The number of aromatic amines is 1. The number of nitrogens with one attached hydrogen (secondary N) is 2. The third kappa shape index (κ3) is 5.48. The molecule has 0 bridgehead atoms. The maximum atomic E-state index is 12.8. The zero-order chi connectivity index (χ0) is 20.8. The number of H-pyrrole nitrogens is 1. The van der Waals surface area contributed by atoms with Crippen molar-refractivity contribution in [1.82, 2.24) is 25.0 Å². The molecule has 2 N–H and O–H groups in total. The molecule has 2 aromatic rings. The van der Waals surface area contributed by atoms with Gasteiger partial charge >= 0.3 is 6.03 Å². The van der Waals surface area contributed by atoms with E-state index in [2.05, 4.69) is 25.4 Å². The van der Waals surface area contributed by atoms with E-state index in [4.69, 9.17) is 9.47 Å². The van der Waals surface area contributed by atoms with Crippen LogP contribution in [0.2, 0.25) is 0 Å². The number of anilines is 1. The summed E-state index contributed by atoms with van der Waals surface area (Å²) in [7, 11) is 0. The number of urea groups is 1. The van der Waals surface area contributed by atoms with Crippen LogP contribution in [-0.2, 0) is 11.3 Å². The number of para-hydroxylation sites is 2. The lowest BCUT2D eigenvalue weighted by Gasteiger charge is -2.34. The van der Waals surface area contributed by atoms with Gasteiger partial charge in [-0.25, -0.2) is 9.78 Å². The Bertz CT molecular complexity index is 828. The van der Waals surface area contributed by atoms with Gasteiger partial charge in [0.05, 0.1) is 18.3 Å². The number of piperazine rings is 1. The first-order valence-corrected chi connectivity index (χ1v) is 10.7. The van der Waals surface area contributed by atoms with Crippen molar-refractivity contribution in [3.63, 3.8) is 0 Å². The highest BCUT2D eigenvalue weighted by Crippen LogP contribution is 2.25. The molecule has 0 spiro atoms. The fourth-order valence-corrected chi connectivity index (χ4v) is 3.78. The highest BCUT2D eigenvalue weighted by atomic mass is 16.5. The number of amides is 2. The lowest BCUT2D eigenvalue weighted by atomic mass is 10.1. The molecule has 0 saturated carbocycles. The molecular weight excluding hydrogens is 384 g/mol. The van der Waals surface area contributed by atoms with E-state index >= 15 is 0 Å². The molecule has 2 aliphatic rings. The summed E-state index contributed by atoms with van der Waals surface area (Å²) in [5.41, 5.74) is 0.692. The van der Waals surface area contributed by atoms with Gasteiger partial charge in [0.25, 0.3) is 0 Å². The molecule has 1 aromatic heterocycles. The van der Waals surface area contributed by atoms with E-state index in [9.17, 15) is 4.79 Å². The highest BCUT2D eigenvalue weighted by molar-refractivity contribution is 5.91. The number of hydrogen-bond donors (Lipinski definition) is 2. The molecule has 1 atom stereocenters. The van der Waals surface area contributed by atoms with E-state index in [-0.39, 0.29) is 12.1 Å². The van der Waals surface area contributed by atoms with Crippen molar-refractivity contribution in [3.8, 4) is 5.75 Å². The maximum Gasteiger partial charge on any atom is 0.322 e. The van der Waals surface area contributed by atoms with Gasteiger partial charge in [-0.15, -0.1) is 0 Å². The Kier molecular flexibility index (Phi) is 6.81. The summed E-state index contributed by atoms with van der Waals surface area (Å²) < 4.78 is 11.7. The lowest BCUT2D eigenvalue weighted by molar-refractivity contribution is -0.0109. The second-order valence-electron chi connectivity index (χ2n) is 7.83. The molecule has 30 heavy (non-hydrogen) atoms. The van der Waals surface area contributed by atoms with E-state index in [1.54, 1.807) is 0 Å². The fraction of sp³-hybridized carbons (Fsp3) is 0.571. The Labute approximate surface area is 176 Å². The second-order valence-corrected chi connectivity index (χ2v) is 7.83. The molecule has 3 heterocycles. The summed E-state index contributed by atoms with van der Waals surface area (Å²) in [6, 6.07) is 7.46. The molecule has 2 saturated heterocycles. The van der Waals surface area contributed by atoms with Crippen LogP contribution in [0.25, 0.3) is 0 Å². The SMILES string of the molecule is Cc1nc(CN2CCN(C(=O)Nc3ccccc3OC[C@H]3CCCCO3)CC2)n[nH]1. The molecule has 2 amide bonds. The summed E-state index contributed by atoms with van der Waals surface area (Å²) in [4.78, 5) is 21.2. The Balaban J connectivity index is 1.26. The first-order valence-electron chi connectivity index (χ1n) is 10.7. The second kappa shape index (κ2) is 9.90. The molecule has 0 unspecified atom stereocenters. The van der Waals surface area contributed by atoms with Crippen LogP contribution >= 0.6 is 0 Å². The van der Waals surface area contributed by atoms with Crippen LogP contribution in [0, 0.1) is 6.92 Å². The van der Waals surface area contributed by atoms with Gasteiger partial charge < -0.3 is 19.7 Å². The molecule has 1 aromatic carbocycles. The molecule has 2 fully saturated rings. The van der Waals surface area contributed by atoms with Crippen molar-refractivity contribution in [1.29, 1.82) is 0 Å². The average molecular weight is 415 g/mol. The van der Waals surface area contributed by atoms with Crippen molar-refractivity contribution in [2.75, 3.05) is 44.7 Å². The first kappa shape index (κ1) is 20.6. The summed E-state index contributed by atoms with van der Waals surface area (Å²) in [5, 5.41) is 10.1. The molecule has 0 aliphatic carbocycles. The Morgan fingerprint density at radius 1 is 1.27 bits per heavy atom. The van der Waals surface area contributed by atoms with Crippen molar-refractivity contribution >= 4 is 11.7 Å². The van der Waals surface area contributed by atoms with E-state index in [0.717, 1.165) is 44.2 Å². The van der Waals surface area contributed by atoms with Crippen molar-refractivity contribution < 1.29 is 14.3 Å². The Hall–Kier alpha value is -2.65. The average Bonchev–Trinajstić information content (AvgIpc) is 3.19. The summed E-state index contributed by atoms with van der Waals surface area (Å²) in [6.45, 7) is 6.79. The number of carbonyl (C=O) groups is 1. The first-order chi connectivity index (χ1) is 14.7. The number of aryl methyl sites for hydroxylation is 1. The molecule has 9 nitrogen and oxygen atoms in total. The molecule has 2 aliphatic heterocycles. The minimum absolute atomic E-state index is 0.103. The van der Waals surface area contributed by atoms with Gasteiger partial charge in [-0.2, -0.15) is 5.10 Å². The highest BCUT2D eigenvalue weighted by Gasteiger charge is 2.23. The Morgan fingerprint density at radius 3 is 2.83 bits per heavy atom. The van der Waals surface area contributed by atoms with Gasteiger partial charge in [0.2, 0.25) is 0 Å². The fourth-order valence-electron chi connectivity index (χ4n) is 3.78. The Morgan fingerprint density at radius 2 is 2.10 bits per heavy atom. The predicted octanol–water partition coefficient (Wildman–Crippen LogP) is 2.41. The smallest absolute Gasteiger partial charge is 0.322 e. The molecule has 9 heteroatoms. The summed E-state index contributed by atoms with van der Waals surface area (Å²) >= 11 is 0. The van der Waals surface area contributed by atoms with Gasteiger partial charge in [-0.1, -0.05) is 12.1 Å². The number of ether oxygens (including phenoxy) is 2. The van der Waals surface area contributed by atoms with Gasteiger partial charge in [0.1, 0.15) is 18.2 Å². The van der Waals surface area contributed by atoms with Crippen molar-refractivity contribution in [3.05, 3.63) is 35.9 Å². The van der Waals surface area contributed by atoms with Crippen LogP contribution in [-0.4, -0.2) is 76.5 Å². The number of carbonyl (C=O) groups excluding carboxylic acids is 1. The van der Waals surface area contributed by atoms with Gasteiger partial charge in [0.15, 0.2) is 5.82 Å². The van der Waals surface area contributed by atoms with Crippen molar-refractivity contribution in [2.24, 2.45) is 0 Å². The number of benzene rings is 1. The van der Waals surface area contributed by atoms with Gasteiger partial charge in [0, 0.05) is 32.8 Å². The topological polar surface area (TPSA) is 95.6 Å². The standard InChI is InChI=1S/C21H30N6O3/c1-16-22-20(25-24-16)14-26-9-11-27(12-10-26)21(28)23-18-7-2-3-8-19(18)30-15-17-6-4-5-13-29-17/h2-3,7-8,17H,4-6,9-15H2,1H3,(H,23,28)(H,22,24,25)/t17-/m1/s1. The number of hydrogen-bond acceptors (Lipinski definition) is 6. The molecule has 162 valence electrons. The van der Waals surface area contributed by atoms with Crippen molar-refractivity contribution in [2.45, 2.75) is 38.8 Å². The largest absolute Gasteiger partial charge is 0.489 e. The number of nitrogens with zero attached hydrogens (tertiary/aromatic N) is 4. The van der Waals surface area contributed by atoms with Crippen LogP contribution in [0.3, 0.4) is 0 Å². The molecule has 4 rings (SSSR count). The number of aromatic nitrogens is 3. The molecule has 0 radical (unpaired) electrons. The van der Waals surface area contributed by atoms with Gasteiger partial charge in [-0.05, 0) is 38.3 Å². The van der Waals surface area contributed by atoms with Crippen LogP contribution in [0.4, 0.5) is 10.5 Å². The number of rotatable bonds is 6. The molecular formula is C21H30N6O3. The zero-order valence-corrected chi connectivity index (χ0v) is 17.5. The van der Waals surface area contributed by atoms with E-state index < -0.39 is 0 Å². The normalized spacial score (nSPS) is 20.2.